The molecule has 0 unspecified atom stereocenters. The number of aryl methyl sites for hydroxylation is 2. The van der Waals surface area contributed by atoms with Crippen LogP contribution >= 0.6 is 12.2 Å². The van der Waals surface area contributed by atoms with Crippen molar-refractivity contribution in [1.82, 2.24) is 30.0 Å². The third kappa shape index (κ3) is 3.88. The second kappa shape index (κ2) is 6.82. The minimum absolute atomic E-state index is 0.0355. The molecule has 1 aliphatic rings. The lowest BCUT2D eigenvalue weighted by atomic mass is 10.1. The zero-order valence-corrected chi connectivity index (χ0v) is 15.0. The Morgan fingerprint density at radius 3 is 2.79 bits per heavy atom. The molecule has 1 N–H and O–H groups in total. The van der Waals surface area contributed by atoms with Gasteiger partial charge in [-0.25, -0.2) is 4.68 Å². The molecular formula is C16H22N6OS. The normalized spacial score (nSPS) is 14.2. The van der Waals surface area contributed by atoms with Gasteiger partial charge < -0.3 is 5.32 Å². The first-order valence-corrected chi connectivity index (χ1v) is 8.43. The molecule has 1 heterocycles. The zero-order chi connectivity index (χ0) is 17.3. The predicted molar refractivity (Wildman–Crippen MR) is 93.5 cm³/mol. The molecule has 8 heteroatoms. The molecule has 7 nitrogen and oxygen atoms in total. The van der Waals surface area contributed by atoms with Gasteiger partial charge in [0.05, 0.1) is 18.9 Å². The smallest absolute Gasteiger partial charge is 0.234 e. The Bertz CT molecular complexity index is 807. The maximum atomic E-state index is 11.9. The molecule has 1 aromatic carbocycles. The molecule has 0 atom stereocenters. The number of hydrogen-bond donors (Lipinski definition) is 1. The average Bonchev–Trinajstić information content (AvgIpc) is 3.24. The number of benzene rings is 1. The van der Waals surface area contributed by atoms with Crippen molar-refractivity contribution in [2.24, 2.45) is 0 Å². The highest BCUT2D eigenvalue weighted by Crippen LogP contribution is 2.18. The molecule has 0 radical (unpaired) electrons. The minimum Gasteiger partial charge on any atom is -0.352 e. The number of hydrogen-bond acceptors (Lipinski definition) is 5. The van der Waals surface area contributed by atoms with Crippen LogP contribution in [0.1, 0.15) is 24.0 Å². The van der Waals surface area contributed by atoms with Crippen molar-refractivity contribution in [3.63, 3.8) is 0 Å². The van der Waals surface area contributed by atoms with Crippen LogP contribution in [0.3, 0.4) is 0 Å². The van der Waals surface area contributed by atoms with E-state index in [-0.39, 0.29) is 5.91 Å². The zero-order valence-electron chi connectivity index (χ0n) is 14.2. The third-order valence-corrected chi connectivity index (χ3v) is 4.33. The van der Waals surface area contributed by atoms with Gasteiger partial charge >= 0.3 is 0 Å². The van der Waals surface area contributed by atoms with Crippen LogP contribution < -0.4 is 5.32 Å². The van der Waals surface area contributed by atoms with E-state index >= 15 is 0 Å². The van der Waals surface area contributed by atoms with Crippen LogP contribution in [-0.4, -0.2) is 50.2 Å². The maximum Gasteiger partial charge on any atom is 0.234 e. The van der Waals surface area contributed by atoms with Gasteiger partial charge in [0.25, 0.3) is 0 Å². The highest BCUT2D eigenvalue weighted by molar-refractivity contribution is 7.71. The summed E-state index contributed by atoms with van der Waals surface area (Å²) in [5.74, 6) is 0.0355. The summed E-state index contributed by atoms with van der Waals surface area (Å²) in [5.41, 5.74) is 3.21. The molecule has 24 heavy (non-hydrogen) atoms. The molecule has 1 amide bonds. The van der Waals surface area contributed by atoms with Crippen molar-refractivity contribution in [1.29, 1.82) is 0 Å². The van der Waals surface area contributed by atoms with E-state index in [1.54, 1.807) is 9.36 Å². The summed E-state index contributed by atoms with van der Waals surface area (Å²) in [6.45, 7) is 4.81. The fraction of sp³-hybridized carbons (Fsp3) is 0.500. The van der Waals surface area contributed by atoms with E-state index in [9.17, 15) is 4.79 Å². The molecule has 0 spiro atoms. The Hall–Kier alpha value is -2.06. The van der Waals surface area contributed by atoms with Crippen LogP contribution in [0.15, 0.2) is 18.2 Å². The Balaban J connectivity index is 1.70. The predicted octanol–water partition coefficient (Wildman–Crippen LogP) is 1.58. The lowest BCUT2D eigenvalue weighted by Crippen LogP contribution is -2.37. The Kier molecular flexibility index (Phi) is 4.77. The van der Waals surface area contributed by atoms with Gasteiger partial charge in [0.15, 0.2) is 0 Å². The third-order valence-electron chi connectivity index (χ3n) is 3.95. The average molecular weight is 346 g/mol. The number of aromatic nitrogens is 4. The van der Waals surface area contributed by atoms with Gasteiger partial charge in [-0.1, -0.05) is 17.7 Å². The topological polar surface area (TPSA) is 68.0 Å². The standard InChI is InChI=1S/C16H22N6OS/c1-11-4-7-14(12(2)8-11)22-16(24)21(18-19-22)10-20(3)9-15(23)17-13-5-6-13/h4,7-8,13H,5-6,9-10H2,1-3H3,(H,17,23). The first kappa shape index (κ1) is 16.8. The molecule has 1 aromatic heterocycles. The van der Waals surface area contributed by atoms with Gasteiger partial charge in [-0.3, -0.25) is 9.69 Å². The summed E-state index contributed by atoms with van der Waals surface area (Å²) < 4.78 is 3.79. The van der Waals surface area contributed by atoms with Crippen molar-refractivity contribution >= 4 is 18.1 Å². The summed E-state index contributed by atoms with van der Waals surface area (Å²) in [6.07, 6.45) is 2.18. The van der Waals surface area contributed by atoms with E-state index in [1.807, 2.05) is 31.0 Å². The van der Waals surface area contributed by atoms with Crippen LogP contribution in [0.2, 0.25) is 0 Å². The summed E-state index contributed by atoms with van der Waals surface area (Å²) >= 11 is 5.49. The van der Waals surface area contributed by atoms with E-state index in [4.69, 9.17) is 12.2 Å². The van der Waals surface area contributed by atoms with Crippen LogP contribution in [0, 0.1) is 18.6 Å². The quantitative estimate of drug-likeness (QED) is 0.805. The SMILES string of the molecule is Cc1ccc(-n2nnn(CN(C)CC(=O)NC3CC3)c2=S)c(C)c1. The van der Waals surface area contributed by atoms with Gasteiger partial charge in [0.2, 0.25) is 10.7 Å². The minimum atomic E-state index is 0.0355. The highest BCUT2D eigenvalue weighted by atomic mass is 32.1. The van der Waals surface area contributed by atoms with E-state index in [1.165, 1.54) is 5.56 Å². The van der Waals surface area contributed by atoms with Crippen molar-refractivity contribution in [3.8, 4) is 5.69 Å². The molecule has 1 aliphatic carbocycles. The molecule has 0 aliphatic heterocycles. The van der Waals surface area contributed by atoms with Crippen molar-refractivity contribution < 1.29 is 4.79 Å². The Morgan fingerprint density at radius 1 is 1.38 bits per heavy atom. The van der Waals surface area contributed by atoms with E-state index in [0.29, 0.717) is 24.0 Å². The molecule has 0 bridgehead atoms. The first-order chi connectivity index (χ1) is 11.4. The van der Waals surface area contributed by atoms with Gasteiger partial charge in [0, 0.05) is 6.04 Å². The van der Waals surface area contributed by atoms with Crippen LogP contribution in [-0.2, 0) is 11.5 Å². The number of carbonyl (C=O) groups is 1. The second-order valence-corrected chi connectivity index (χ2v) is 6.83. The maximum absolute atomic E-state index is 11.9. The molecule has 1 fully saturated rings. The number of amides is 1. The Labute approximate surface area is 146 Å². The molecule has 128 valence electrons. The highest BCUT2D eigenvalue weighted by Gasteiger charge is 2.23. The largest absolute Gasteiger partial charge is 0.352 e. The van der Waals surface area contributed by atoms with Crippen LogP contribution in [0.25, 0.3) is 5.69 Å². The van der Waals surface area contributed by atoms with Crippen LogP contribution in [0.5, 0.6) is 0 Å². The van der Waals surface area contributed by atoms with Crippen LogP contribution in [0.4, 0.5) is 0 Å². The van der Waals surface area contributed by atoms with Gasteiger partial charge in [-0.15, -0.1) is 0 Å². The van der Waals surface area contributed by atoms with Crippen molar-refractivity contribution in [2.45, 2.75) is 39.4 Å². The number of carbonyl (C=O) groups excluding carboxylic acids is 1. The molecular weight excluding hydrogens is 324 g/mol. The summed E-state index contributed by atoms with van der Waals surface area (Å²) in [4.78, 5) is 13.7. The summed E-state index contributed by atoms with van der Waals surface area (Å²) in [5, 5.41) is 11.3. The molecule has 2 aromatic rings. The number of tetrazole rings is 1. The molecule has 0 saturated heterocycles. The van der Waals surface area contributed by atoms with Gasteiger partial charge in [0.1, 0.15) is 0 Å². The summed E-state index contributed by atoms with van der Waals surface area (Å²) in [6, 6.07) is 6.48. The number of rotatable bonds is 6. The molecule has 3 rings (SSSR count). The van der Waals surface area contributed by atoms with Gasteiger partial charge in [-0.2, -0.15) is 4.68 Å². The lowest BCUT2D eigenvalue weighted by molar-refractivity contribution is -0.122. The van der Waals surface area contributed by atoms with Gasteiger partial charge in [-0.05, 0) is 68.0 Å². The first-order valence-electron chi connectivity index (χ1n) is 8.02. The fourth-order valence-electron chi connectivity index (χ4n) is 2.58. The monoisotopic (exact) mass is 346 g/mol. The Morgan fingerprint density at radius 2 is 2.12 bits per heavy atom. The molecule has 1 saturated carbocycles. The lowest BCUT2D eigenvalue weighted by Gasteiger charge is -2.15. The van der Waals surface area contributed by atoms with E-state index < -0.39 is 0 Å². The number of likely N-dealkylation sites (N-methyl/N-ethyl adjacent to an activating group) is 1. The number of nitrogens with zero attached hydrogens (tertiary/aromatic N) is 5. The van der Waals surface area contributed by atoms with Crippen molar-refractivity contribution in [2.75, 3.05) is 13.6 Å². The van der Waals surface area contributed by atoms with E-state index in [0.717, 1.165) is 24.1 Å². The van der Waals surface area contributed by atoms with E-state index in [2.05, 4.69) is 28.7 Å². The van der Waals surface area contributed by atoms with Crippen molar-refractivity contribution in [3.05, 3.63) is 34.1 Å². The number of nitrogens with one attached hydrogen (secondary N) is 1. The summed E-state index contributed by atoms with van der Waals surface area (Å²) in [7, 11) is 1.87. The fourth-order valence-corrected chi connectivity index (χ4v) is 2.81. The second-order valence-electron chi connectivity index (χ2n) is 6.46.